The van der Waals surface area contributed by atoms with Gasteiger partial charge in [0.05, 0.1) is 34.3 Å². The number of aromatic nitrogens is 4. The van der Waals surface area contributed by atoms with Gasteiger partial charge in [0.15, 0.2) is 0 Å². The zero-order chi connectivity index (χ0) is 27.7. The van der Waals surface area contributed by atoms with E-state index in [9.17, 15) is 27.7 Å². The number of benzene rings is 2. The summed E-state index contributed by atoms with van der Waals surface area (Å²) < 4.78 is 55.0. The molecule has 38 heavy (non-hydrogen) atoms. The maximum Gasteiger partial charge on any atom is 0.416 e. The maximum absolute atomic E-state index is 14.5. The Bertz CT molecular complexity index is 1540. The third-order valence-corrected chi connectivity index (χ3v) is 5.40. The summed E-state index contributed by atoms with van der Waals surface area (Å²) in [5, 5.41) is 20.9. The Kier molecular flexibility index (Phi) is 6.69. The Morgan fingerprint density at radius 2 is 1.79 bits per heavy atom. The highest BCUT2D eigenvalue weighted by atomic mass is 19.4. The van der Waals surface area contributed by atoms with Crippen LogP contribution in [0.3, 0.4) is 0 Å². The van der Waals surface area contributed by atoms with Crippen molar-refractivity contribution in [2.24, 2.45) is 0 Å². The van der Waals surface area contributed by atoms with Gasteiger partial charge in [-0.15, -0.1) is 0 Å². The predicted molar refractivity (Wildman–Crippen MR) is 130 cm³/mol. The lowest BCUT2D eigenvalue weighted by Crippen LogP contribution is -2.21. The fraction of sp³-hybridized carbons (Fsp3) is 0.167. The molecule has 0 radical (unpaired) electrons. The van der Waals surface area contributed by atoms with Crippen LogP contribution < -0.4 is 10.6 Å². The topological polar surface area (TPSA) is 115 Å². The van der Waals surface area contributed by atoms with Gasteiger partial charge in [0.25, 0.3) is 5.69 Å². The number of rotatable bonds is 7. The quantitative estimate of drug-likeness (QED) is 0.122. The minimum Gasteiger partial charge on any atom is -0.337 e. The van der Waals surface area contributed by atoms with Gasteiger partial charge in [-0.3, -0.25) is 15.0 Å². The molecule has 2 heterocycles. The Balaban J connectivity index is 1.75. The average Bonchev–Trinajstić information content (AvgIpc) is 3.34. The standard InChI is InChI=1S/C24H18F4N8O2/c1-23(2,29-3)35-13-16(11-31-35)32-22-30-12-18(14-4-6-15(7-5-14)24(26,27)28)21(34-22)33-20-10-17(36(37)38)8-9-19(20)25/h4-13H,1-2H3,(H2,30,32,33,34). The van der Waals surface area contributed by atoms with Gasteiger partial charge < -0.3 is 10.6 Å². The van der Waals surface area contributed by atoms with Crippen molar-refractivity contribution in [2.45, 2.75) is 25.7 Å². The van der Waals surface area contributed by atoms with Crippen molar-refractivity contribution in [2.75, 3.05) is 10.6 Å². The van der Waals surface area contributed by atoms with Crippen LogP contribution in [0.25, 0.3) is 16.0 Å². The van der Waals surface area contributed by atoms with Crippen molar-refractivity contribution in [3.8, 4) is 11.1 Å². The van der Waals surface area contributed by atoms with E-state index >= 15 is 0 Å². The van der Waals surface area contributed by atoms with E-state index in [1.807, 2.05) is 0 Å². The zero-order valence-corrected chi connectivity index (χ0v) is 19.8. The molecule has 0 bridgehead atoms. The summed E-state index contributed by atoms with van der Waals surface area (Å²) in [6, 6.07) is 7.05. The molecule has 10 nitrogen and oxygen atoms in total. The number of nitro groups is 1. The molecule has 2 aromatic carbocycles. The fourth-order valence-corrected chi connectivity index (χ4v) is 3.30. The first-order valence-corrected chi connectivity index (χ1v) is 10.8. The SMILES string of the molecule is [C-]#[N+]C(C)(C)n1cc(Nc2ncc(-c3ccc(C(F)(F)F)cc3)c(Nc3cc([N+](=O)[O-])ccc3F)n2)cn1. The Hall–Kier alpha value is -5.06. The van der Waals surface area contributed by atoms with E-state index in [0.29, 0.717) is 5.69 Å². The molecule has 4 aromatic rings. The second-order valence-electron chi connectivity index (χ2n) is 8.48. The number of nitro benzene ring substituents is 1. The van der Waals surface area contributed by atoms with Gasteiger partial charge in [-0.25, -0.2) is 15.9 Å². The first-order chi connectivity index (χ1) is 17.9. The molecular weight excluding hydrogens is 508 g/mol. The summed E-state index contributed by atoms with van der Waals surface area (Å²) >= 11 is 0. The first-order valence-electron chi connectivity index (χ1n) is 10.8. The van der Waals surface area contributed by atoms with Crippen molar-refractivity contribution in [1.82, 2.24) is 19.7 Å². The zero-order valence-electron chi connectivity index (χ0n) is 19.8. The smallest absolute Gasteiger partial charge is 0.337 e. The third-order valence-electron chi connectivity index (χ3n) is 5.40. The van der Waals surface area contributed by atoms with Gasteiger partial charge in [-0.2, -0.15) is 27.9 Å². The first kappa shape index (κ1) is 26.0. The number of non-ortho nitro benzene ring substituents is 1. The largest absolute Gasteiger partial charge is 0.416 e. The summed E-state index contributed by atoms with van der Waals surface area (Å²) in [4.78, 5) is 22.5. The number of hydrogen-bond acceptors (Lipinski definition) is 7. The highest BCUT2D eigenvalue weighted by molar-refractivity contribution is 5.79. The van der Waals surface area contributed by atoms with Crippen LogP contribution in [-0.2, 0) is 11.8 Å². The molecule has 0 atom stereocenters. The van der Waals surface area contributed by atoms with Crippen molar-refractivity contribution < 1.29 is 22.5 Å². The highest BCUT2D eigenvalue weighted by Crippen LogP contribution is 2.35. The van der Waals surface area contributed by atoms with E-state index in [2.05, 4.69) is 30.5 Å². The number of anilines is 4. The molecule has 2 N–H and O–H groups in total. The van der Waals surface area contributed by atoms with Crippen molar-refractivity contribution in [3.05, 3.63) is 94.0 Å². The average molecular weight is 526 g/mol. The van der Waals surface area contributed by atoms with E-state index in [0.717, 1.165) is 30.3 Å². The lowest BCUT2D eigenvalue weighted by atomic mass is 10.1. The van der Waals surface area contributed by atoms with Gasteiger partial charge >= 0.3 is 11.8 Å². The number of halogens is 4. The van der Waals surface area contributed by atoms with Crippen molar-refractivity contribution in [1.29, 1.82) is 0 Å². The lowest BCUT2D eigenvalue weighted by Gasteiger charge is -2.14. The summed E-state index contributed by atoms with van der Waals surface area (Å²) in [7, 11) is 0. The number of nitrogens with one attached hydrogen (secondary N) is 2. The van der Waals surface area contributed by atoms with E-state index in [-0.39, 0.29) is 34.3 Å². The summed E-state index contributed by atoms with van der Waals surface area (Å²) in [6.45, 7) is 10.6. The molecule has 2 aromatic heterocycles. The molecule has 0 unspecified atom stereocenters. The fourth-order valence-electron chi connectivity index (χ4n) is 3.30. The van der Waals surface area contributed by atoms with Gasteiger partial charge in [0.2, 0.25) is 5.95 Å². The van der Waals surface area contributed by atoms with Crippen LogP contribution in [0.15, 0.2) is 61.1 Å². The van der Waals surface area contributed by atoms with E-state index in [4.69, 9.17) is 6.57 Å². The second-order valence-corrected chi connectivity index (χ2v) is 8.48. The summed E-state index contributed by atoms with van der Waals surface area (Å²) in [6.07, 6.45) is -0.239. The van der Waals surface area contributed by atoms with Crippen molar-refractivity contribution in [3.63, 3.8) is 0 Å². The number of nitrogens with zero attached hydrogens (tertiary/aromatic N) is 6. The third kappa shape index (κ3) is 5.51. The van der Waals surface area contributed by atoms with Gasteiger partial charge in [-0.1, -0.05) is 12.1 Å². The van der Waals surface area contributed by atoms with E-state index in [1.54, 1.807) is 20.0 Å². The summed E-state index contributed by atoms with van der Waals surface area (Å²) in [5.41, 5.74) is -1.55. The highest BCUT2D eigenvalue weighted by Gasteiger charge is 2.30. The van der Waals surface area contributed by atoms with Crippen LogP contribution >= 0.6 is 0 Å². The van der Waals surface area contributed by atoms with Crippen molar-refractivity contribution >= 4 is 28.8 Å². The van der Waals surface area contributed by atoms with Crippen LogP contribution in [0.2, 0.25) is 0 Å². The molecular formula is C24H18F4N8O2. The number of hydrogen-bond donors (Lipinski definition) is 2. The van der Waals surface area contributed by atoms with Crippen LogP contribution in [0.4, 0.5) is 46.4 Å². The second kappa shape index (κ2) is 9.77. The van der Waals surface area contributed by atoms with Gasteiger partial charge in [0.1, 0.15) is 11.6 Å². The number of alkyl halides is 3. The Morgan fingerprint density at radius 3 is 2.42 bits per heavy atom. The van der Waals surface area contributed by atoms with Crippen LogP contribution in [-0.4, -0.2) is 24.7 Å². The Labute approximate surface area is 212 Å². The molecule has 194 valence electrons. The Morgan fingerprint density at radius 1 is 1.08 bits per heavy atom. The maximum atomic E-state index is 14.5. The van der Waals surface area contributed by atoms with Crippen LogP contribution in [0, 0.1) is 22.5 Å². The minimum absolute atomic E-state index is 0.00849. The van der Waals surface area contributed by atoms with Crippen LogP contribution in [0.5, 0.6) is 0 Å². The molecule has 0 spiro atoms. The monoisotopic (exact) mass is 526 g/mol. The molecule has 4 rings (SSSR count). The molecule has 0 fully saturated rings. The van der Waals surface area contributed by atoms with E-state index < -0.39 is 28.1 Å². The molecule has 14 heteroatoms. The molecule has 0 aliphatic rings. The molecule has 0 amide bonds. The summed E-state index contributed by atoms with van der Waals surface area (Å²) in [5.74, 6) is -0.838. The minimum atomic E-state index is -4.54. The van der Waals surface area contributed by atoms with E-state index in [1.165, 1.54) is 29.2 Å². The van der Waals surface area contributed by atoms with Gasteiger partial charge in [0, 0.05) is 37.7 Å². The predicted octanol–water partition coefficient (Wildman–Crippen LogP) is 6.51. The van der Waals surface area contributed by atoms with Crippen LogP contribution in [0.1, 0.15) is 19.4 Å². The molecule has 0 saturated heterocycles. The van der Waals surface area contributed by atoms with Gasteiger partial charge in [-0.05, 0) is 23.8 Å². The molecule has 0 aliphatic heterocycles. The molecule has 0 aliphatic carbocycles. The lowest BCUT2D eigenvalue weighted by molar-refractivity contribution is -0.384. The normalized spacial score (nSPS) is 11.6. The molecule has 0 saturated carbocycles.